The third-order valence-corrected chi connectivity index (χ3v) is 15.6. The van der Waals surface area contributed by atoms with E-state index in [-0.39, 0.29) is 58.2 Å². The van der Waals surface area contributed by atoms with Gasteiger partial charge < -0.3 is 10.2 Å². The van der Waals surface area contributed by atoms with Crippen LogP contribution in [0.3, 0.4) is 0 Å². The molecular formula is C33H46F6O4S. The van der Waals surface area contributed by atoms with Crippen LogP contribution in [0.2, 0.25) is 0 Å². The normalized spacial score (nSPS) is 40.7. The van der Waals surface area contributed by atoms with Crippen molar-refractivity contribution in [2.75, 3.05) is 0 Å². The molecule has 4 aliphatic rings. The fourth-order valence-corrected chi connectivity index (χ4v) is 12.7. The third kappa shape index (κ3) is 5.32. The number of alkyl halides is 6. The van der Waals surface area contributed by atoms with Gasteiger partial charge in [-0.05, 0) is 123 Å². The zero-order valence-electron chi connectivity index (χ0n) is 25.9. The van der Waals surface area contributed by atoms with Gasteiger partial charge >= 0.3 is 12.4 Å². The fourth-order valence-electron chi connectivity index (χ4n) is 10.5. The molecule has 0 spiro atoms. The van der Waals surface area contributed by atoms with Crippen molar-refractivity contribution >= 4 is 9.84 Å². The Morgan fingerprint density at radius 3 is 2.09 bits per heavy atom. The van der Waals surface area contributed by atoms with Crippen LogP contribution in [0.1, 0.15) is 91.9 Å². The number of aliphatic hydroxyl groups is 2. The number of rotatable bonds is 6. The second kappa shape index (κ2) is 10.9. The Bertz CT molecular complexity index is 1310. The van der Waals surface area contributed by atoms with E-state index in [1.165, 1.54) is 24.3 Å². The van der Waals surface area contributed by atoms with Crippen LogP contribution >= 0.6 is 0 Å². The first-order chi connectivity index (χ1) is 20.1. The maximum absolute atomic E-state index is 14.0. The summed E-state index contributed by atoms with van der Waals surface area (Å²) in [7, 11) is -4.24. The molecular weight excluding hydrogens is 606 g/mol. The summed E-state index contributed by atoms with van der Waals surface area (Å²) in [6.07, 6.45) is -6.73. The minimum atomic E-state index is -5.01. The molecule has 250 valence electrons. The predicted octanol–water partition coefficient (Wildman–Crippen LogP) is 8.12. The number of hydrogen-bond acceptors (Lipinski definition) is 4. The molecule has 44 heavy (non-hydrogen) atoms. The Morgan fingerprint density at radius 1 is 0.886 bits per heavy atom. The van der Waals surface area contributed by atoms with Crippen molar-refractivity contribution in [3.63, 3.8) is 0 Å². The van der Waals surface area contributed by atoms with Crippen molar-refractivity contribution in [1.29, 1.82) is 0 Å². The molecule has 4 saturated carbocycles. The monoisotopic (exact) mass is 652 g/mol. The highest BCUT2D eigenvalue weighted by molar-refractivity contribution is 7.92. The Balaban J connectivity index is 1.43. The van der Waals surface area contributed by atoms with Crippen molar-refractivity contribution in [2.24, 2.45) is 46.3 Å². The van der Waals surface area contributed by atoms with Gasteiger partial charge in [-0.1, -0.05) is 39.0 Å². The Hall–Kier alpha value is -1.33. The summed E-state index contributed by atoms with van der Waals surface area (Å²) in [4.78, 5) is -0.0689. The van der Waals surface area contributed by atoms with Gasteiger partial charge in [0.25, 0.3) is 0 Å². The molecule has 0 aliphatic heterocycles. The number of hydrogen-bond donors (Lipinski definition) is 2. The lowest BCUT2D eigenvalue weighted by atomic mass is 9.43. The lowest BCUT2D eigenvalue weighted by Crippen LogP contribution is -2.59. The van der Waals surface area contributed by atoms with Crippen molar-refractivity contribution in [3.8, 4) is 0 Å². The van der Waals surface area contributed by atoms with Crippen molar-refractivity contribution < 1.29 is 45.0 Å². The summed E-state index contributed by atoms with van der Waals surface area (Å²) in [5, 5.41) is 19.6. The molecule has 2 N–H and O–H groups in total. The van der Waals surface area contributed by atoms with Crippen LogP contribution in [0.4, 0.5) is 26.3 Å². The summed E-state index contributed by atoms with van der Waals surface area (Å²) in [5.74, 6) is -0.530. The average molecular weight is 653 g/mol. The second-order valence-corrected chi connectivity index (χ2v) is 17.5. The van der Waals surface area contributed by atoms with Crippen molar-refractivity contribution in [1.82, 2.24) is 0 Å². The zero-order chi connectivity index (χ0) is 32.7. The Morgan fingerprint density at radius 2 is 1.50 bits per heavy atom. The van der Waals surface area contributed by atoms with Crippen LogP contribution in [0.15, 0.2) is 35.2 Å². The van der Waals surface area contributed by atoms with Crippen LogP contribution in [0, 0.1) is 46.3 Å². The SMILES string of the molecule is C[C@H](C(C[C@](C)(O)C(F)(F)F)S(=O)(=O)c1ccccc1)[C@H]1CC[C@H]2[C@@H]3CC[C@H]4C[C@](O)(C(F)(F)F)CC[C@]4(C)[C@H]3CC[C@]12C. The van der Waals surface area contributed by atoms with E-state index >= 15 is 0 Å². The van der Waals surface area contributed by atoms with Crippen LogP contribution in [-0.2, 0) is 9.84 Å². The molecule has 4 fully saturated rings. The molecule has 5 rings (SSSR count). The zero-order valence-corrected chi connectivity index (χ0v) is 26.7. The van der Waals surface area contributed by atoms with E-state index in [1.807, 2.05) is 0 Å². The summed E-state index contributed by atoms with van der Waals surface area (Å²) >= 11 is 0. The maximum Gasteiger partial charge on any atom is 0.417 e. The predicted molar refractivity (Wildman–Crippen MR) is 154 cm³/mol. The molecule has 11 heteroatoms. The summed E-state index contributed by atoms with van der Waals surface area (Å²) in [5.41, 5.74) is -6.54. The van der Waals surface area contributed by atoms with Gasteiger partial charge in [0.2, 0.25) is 0 Å². The van der Waals surface area contributed by atoms with E-state index in [2.05, 4.69) is 13.8 Å². The fraction of sp³-hybridized carbons (Fsp3) is 0.818. The van der Waals surface area contributed by atoms with Gasteiger partial charge in [-0.25, -0.2) is 8.42 Å². The van der Waals surface area contributed by atoms with E-state index in [0.717, 1.165) is 19.3 Å². The van der Waals surface area contributed by atoms with Gasteiger partial charge in [-0.3, -0.25) is 0 Å². The molecule has 0 saturated heterocycles. The first-order valence-electron chi connectivity index (χ1n) is 16.0. The van der Waals surface area contributed by atoms with Crippen molar-refractivity contribution in [3.05, 3.63) is 30.3 Å². The lowest BCUT2D eigenvalue weighted by molar-refractivity contribution is -0.290. The van der Waals surface area contributed by atoms with Crippen LogP contribution < -0.4 is 0 Å². The van der Waals surface area contributed by atoms with Gasteiger partial charge in [0.05, 0.1) is 10.1 Å². The Kier molecular flexibility index (Phi) is 8.40. The number of benzene rings is 1. The molecule has 4 aliphatic carbocycles. The van der Waals surface area contributed by atoms with Gasteiger partial charge in [0.15, 0.2) is 21.0 Å². The highest BCUT2D eigenvalue weighted by atomic mass is 32.2. The Labute approximate surface area is 256 Å². The van der Waals surface area contributed by atoms with E-state index in [0.29, 0.717) is 32.6 Å². The minimum absolute atomic E-state index is 0.0689. The van der Waals surface area contributed by atoms with Crippen molar-refractivity contribution in [2.45, 2.75) is 126 Å². The van der Waals surface area contributed by atoms with Crippen LogP contribution in [0.5, 0.6) is 0 Å². The summed E-state index contributed by atoms with van der Waals surface area (Å²) in [6, 6.07) is 7.45. The van der Waals surface area contributed by atoms with Crippen LogP contribution in [-0.4, -0.2) is 47.4 Å². The van der Waals surface area contributed by atoms with E-state index < -0.39 is 51.0 Å². The quantitative estimate of drug-likeness (QED) is 0.305. The standard InChI is InChI=1S/C33H46F6O4S/c1-20(27(19-30(4,40)32(34,35)36)44(42,43)22-8-6-5-7-9-22)24-12-13-25-23-11-10-21-18-31(41,33(37,38)39)17-16-28(21,2)26(23)14-15-29(24,25)3/h5-9,20-21,23-27,40-41H,10-19H2,1-4H3/t20-,21-,23-,24+,25-,26-,27?,28-,29+,30-,31-/m0/s1. The topological polar surface area (TPSA) is 74.6 Å². The van der Waals surface area contributed by atoms with Gasteiger partial charge in [-0.2, -0.15) is 26.3 Å². The smallest absolute Gasteiger partial charge is 0.381 e. The average Bonchev–Trinajstić information content (AvgIpc) is 3.28. The molecule has 4 nitrogen and oxygen atoms in total. The number of halogens is 6. The molecule has 0 heterocycles. The summed E-state index contributed by atoms with van der Waals surface area (Å²) < 4.78 is 111. The molecule has 0 aromatic heterocycles. The number of sulfone groups is 1. The molecule has 1 aromatic rings. The highest BCUT2D eigenvalue weighted by Gasteiger charge is 2.66. The van der Waals surface area contributed by atoms with Gasteiger partial charge in [0.1, 0.15) is 0 Å². The maximum atomic E-state index is 14.0. The molecule has 11 atom stereocenters. The van der Waals surface area contributed by atoms with Crippen LogP contribution in [0.25, 0.3) is 0 Å². The van der Waals surface area contributed by atoms with E-state index in [9.17, 15) is 45.0 Å². The lowest BCUT2D eigenvalue weighted by Gasteiger charge is -2.62. The largest absolute Gasteiger partial charge is 0.417 e. The molecule has 1 unspecified atom stereocenters. The summed E-state index contributed by atoms with van der Waals surface area (Å²) in [6.45, 7) is 6.58. The molecule has 1 aromatic carbocycles. The van der Waals surface area contributed by atoms with Gasteiger partial charge in [-0.15, -0.1) is 0 Å². The third-order valence-electron chi connectivity index (χ3n) is 13.2. The molecule has 0 bridgehead atoms. The molecule has 0 amide bonds. The van der Waals surface area contributed by atoms with E-state index in [1.54, 1.807) is 13.0 Å². The minimum Gasteiger partial charge on any atom is -0.381 e. The number of fused-ring (bicyclic) bond motifs is 5. The second-order valence-electron chi connectivity index (χ2n) is 15.4. The highest BCUT2D eigenvalue weighted by Crippen LogP contribution is 2.69. The van der Waals surface area contributed by atoms with E-state index in [4.69, 9.17) is 0 Å². The first-order valence-corrected chi connectivity index (χ1v) is 17.5. The van der Waals surface area contributed by atoms with Gasteiger partial charge in [0, 0.05) is 6.42 Å². The first kappa shape index (κ1) is 34.0. The molecule has 0 radical (unpaired) electrons.